The Morgan fingerprint density at radius 2 is 1.76 bits per heavy atom. The van der Waals surface area contributed by atoms with Crippen molar-refractivity contribution in [2.75, 3.05) is 13.1 Å². The lowest BCUT2D eigenvalue weighted by Crippen LogP contribution is -2.37. The van der Waals surface area contributed by atoms with Crippen molar-refractivity contribution >= 4 is 32.5 Å². The van der Waals surface area contributed by atoms with Crippen molar-refractivity contribution in [2.24, 2.45) is 0 Å². The van der Waals surface area contributed by atoms with Crippen LogP contribution in [-0.4, -0.2) is 30.8 Å². The number of benzene rings is 2. The smallest absolute Gasteiger partial charge is 0.243 e. The number of rotatable bonds is 3. The van der Waals surface area contributed by atoms with Crippen LogP contribution in [0.3, 0.4) is 0 Å². The quantitative estimate of drug-likeness (QED) is 0.739. The summed E-state index contributed by atoms with van der Waals surface area (Å²) in [6.45, 7) is 1.06. The molecule has 1 N–H and O–H groups in total. The molecule has 1 aliphatic heterocycles. The average molecular weight is 375 g/mol. The summed E-state index contributed by atoms with van der Waals surface area (Å²) in [5, 5.41) is 1.89. The second-order valence-electron chi connectivity index (χ2n) is 6.43. The van der Waals surface area contributed by atoms with Crippen LogP contribution in [0.1, 0.15) is 24.3 Å². The van der Waals surface area contributed by atoms with E-state index in [2.05, 4.69) is 11.1 Å². The first-order chi connectivity index (χ1) is 12.1. The Morgan fingerprint density at radius 1 is 1.04 bits per heavy atom. The number of nitrogens with one attached hydrogen (secondary N) is 1. The van der Waals surface area contributed by atoms with E-state index in [9.17, 15) is 8.42 Å². The number of halogens is 1. The van der Waals surface area contributed by atoms with E-state index in [0.29, 0.717) is 28.9 Å². The zero-order valence-electron chi connectivity index (χ0n) is 13.7. The van der Waals surface area contributed by atoms with Crippen molar-refractivity contribution < 1.29 is 8.42 Å². The molecule has 0 radical (unpaired) electrons. The lowest BCUT2D eigenvalue weighted by Gasteiger charge is -2.31. The van der Waals surface area contributed by atoms with Crippen LogP contribution >= 0.6 is 11.6 Å². The van der Waals surface area contributed by atoms with Crippen molar-refractivity contribution in [1.82, 2.24) is 9.29 Å². The first kappa shape index (κ1) is 16.6. The molecule has 1 saturated heterocycles. The number of nitrogens with zero attached hydrogens (tertiary/aromatic N) is 1. The summed E-state index contributed by atoms with van der Waals surface area (Å²) in [6, 6.07) is 14.7. The minimum Gasteiger partial charge on any atom is -0.361 e. The van der Waals surface area contributed by atoms with Gasteiger partial charge in [0.05, 0.1) is 4.90 Å². The van der Waals surface area contributed by atoms with Crippen LogP contribution < -0.4 is 0 Å². The van der Waals surface area contributed by atoms with E-state index < -0.39 is 10.0 Å². The van der Waals surface area contributed by atoms with Gasteiger partial charge in [-0.25, -0.2) is 8.42 Å². The number of H-pyrrole nitrogens is 1. The van der Waals surface area contributed by atoms with E-state index in [1.807, 2.05) is 24.4 Å². The molecule has 0 unspecified atom stereocenters. The van der Waals surface area contributed by atoms with Gasteiger partial charge in [0, 0.05) is 35.2 Å². The third-order valence-corrected chi connectivity index (χ3v) is 7.07. The third-order valence-electron chi connectivity index (χ3n) is 4.94. The topological polar surface area (TPSA) is 53.2 Å². The minimum absolute atomic E-state index is 0.319. The van der Waals surface area contributed by atoms with Gasteiger partial charge in [-0.05, 0) is 54.7 Å². The highest BCUT2D eigenvalue weighted by Gasteiger charge is 2.30. The first-order valence-electron chi connectivity index (χ1n) is 8.37. The summed E-state index contributed by atoms with van der Waals surface area (Å²) in [6.07, 6.45) is 3.51. The molecule has 0 atom stereocenters. The van der Waals surface area contributed by atoms with Gasteiger partial charge in [-0.2, -0.15) is 4.31 Å². The summed E-state index contributed by atoms with van der Waals surface area (Å²) >= 11 is 6.25. The zero-order valence-corrected chi connectivity index (χ0v) is 15.2. The number of hydrogen-bond donors (Lipinski definition) is 1. The van der Waals surface area contributed by atoms with Gasteiger partial charge in [-0.15, -0.1) is 0 Å². The predicted octanol–water partition coefficient (Wildman–Crippen LogP) is 4.39. The maximum absolute atomic E-state index is 12.8. The van der Waals surface area contributed by atoms with Crippen molar-refractivity contribution in [1.29, 1.82) is 0 Å². The van der Waals surface area contributed by atoms with Gasteiger partial charge in [0.15, 0.2) is 0 Å². The molecule has 0 amide bonds. The van der Waals surface area contributed by atoms with Gasteiger partial charge in [0.2, 0.25) is 10.0 Å². The number of piperidine rings is 1. The lowest BCUT2D eigenvalue weighted by molar-refractivity contribution is 0.320. The molecule has 2 heterocycles. The highest BCUT2D eigenvalue weighted by Crippen LogP contribution is 2.36. The normalized spacial score (nSPS) is 17.2. The van der Waals surface area contributed by atoms with Crippen molar-refractivity contribution in [3.05, 3.63) is 65.3 Å². The number of aromatic nitrogens is 1. The van der Waals surface area contributed by atoms with E-state index >= 15 is 0 Å². The summed E-state index contributed by atoms with van der Waals surface area (Å²) < 4.78 is 27.1. The van der Waals surface area contributed by atoms with Gasteiger partial charge in [0.1, 0.15) is 0 Å². The van der Waals surface area contributed by atoms with E-state index in [1.54, 1.807) is 28.6 Å². The molecular weight excluding hydrogens is 356 g/mol. The maximum atomic E-state index is 12.8. The monoisotopic (exact) mass is 374 g/mol. The zero-order chi connectivity index (χ0) is 17.4. The molecule has 2 aromatic carbocycles. The van der Waals surface area contributed by atoms with Gasteiger partial charge in [-0.1, -0.05) is 29.8 Å². The van der Waals surface area contributed by atoms with Crippen LogP contribution in [-0.2, 0) is 10.0 Å². The van der Waals surface area contributed by atoms with Crippen molar-refractivity contribution in [2.45, 2.75) is 23.7 Å². The molecule has 0 spiro atoms. The molecule has 6 heteroatoms. The molecule has 0 aliphatic carbocycles. The minimum atomic E-state index is -3.41. The van der Waals surface area contributed by atoms with Crippen LogP contribution in [0.5, 0.6) is 0 Å². The van der Waals surface area contributed by atoms with Gasteiger partial charge < -0.3 is 4.98 Å². The highest BCUT2D eigenvalue weighted by atomic mass is 35.5. The third kappa shape index (κ3) is 3.08. The molecule has 130 valence electrons. The molecular formula is C19H19ClN2O2S. The number of fused-ring (bicyclic) bond motifs is 1. The maximum Gasteiger partial charge on any atom is 0.243 e. The SMILES string of the molecule is O=S(=O)(c1ccccc1)N1CCC(c2cc(Cl)cc3[nH]ccc23)CC1. The number of aromatic amines is 1. The molecule has 0 bridgehead atoms. The molecule has 3 aromatic rings. The van der Waals surface area contributed by atoms with Gasteiger partial charge in [0.25, 0.3) is 0 Å². The molecule has 4 nitrogen and oxygen atoms in total. The standard InChI is InChI=1S/C19H19ClN2O2S/c20-15-12-18(17-6-9-21-19(17)13-15)14-7-10-22(11-8-14)25(23,24)16-4-2-1-3-5-16/h1-6,9,12-14,21H,7-8,10-11H2. The number of sulfonamides is 1. The van der Waals surface area contributed by atoms with E-state index in [-0.39, 0.29) is 0 Å². The molecule has 4 rings (SSSR count). The van der Waals surface area contributed by atoms with Crippen LogP contribution in [0, 0.1) is 0 Å². The van der Waals surface area contributed by atoms with E-state index in [1.165, 1.54) is 10.9 Å². The highest BCUT2D eigenvalue weighted by molar-refractivity contribution is 7.89. The molecule has 0 saturated carbocycles. The van der Waals surface area contributed by atoms with Gasteiger partial charge in [-0.3, -0.25) is 0 Å². The van der Waals surface area contributed by atoms with Crippen LogP contribution in [0.2, 0.25) is 5.02 Å². The van der Waals surface area contributed by atoms with E-state index in [4.69, 9.17) is 11.6 Å². The molecule has 1 fully saturated rings. The molecule has 1 aliphatic rings. The Morgan fingerprint density at radius 3 is 2.48 bits per heavy atom. The second-order valence-corrected chi connectivity index (χ2v) is 8.80. The lowest BCUT2D eigenvalue weighted by atomic mass is 9.88. The fourth-order valence-corrected chi connectivity index (χ4v) is 5.36. The van der Waals surface area contributed by atoms with Crippen LogP contribution in [0.15, 0.2) is 59.6 Å². The van der Waals surface area contributed by atoms with Crippen molar-refractivity contribution in [3.8, 4) is 0 Å². The summed E-state index contributed by atoms with van der Waals surface area (Å²) in [4.78, 5) is 3.57. The Balaban J connectivity index is 1.56. The Hall–Kier alpha value is -1.82. The summed E-state index contributed by atoms with van der Waals surface area (Å²) in [7, 11) is -3.41. The Bertz CT molecular complexity index is 991. The fraction of sp³-hybridized carbons (Fsp3) is 0.263. The first-order valence-corrected chi connectivity index (χ1v) is 10.2. The van der Waals surface area contributed by atoms with Crippen molar-refractivity contribution in [3.63, 3.8) is 0 Å². The second kappa shape index (κ2) is 6.48. The predicted molar refractivity (Wildman–Crippen MR) is 100 cm³/mol. The Labute approximate surface area is 152 Å². The molecule has 1 aromatic heterocycles. The van der Waals surface area contributed by atoms with Gasteiger partial charge >= 0.3 is 0 Å². The molecule has 25 heavy (non-hydrogen) atoms. The Kier molecular flexibility index (Phi) is 4.31. The van der Waals surface area contributed by atoms with Crippen LogP contribution in [0.25, 0.3) is 10.9 Å². The summed E-state index contributed by atoms with van der Waals surface area (Å²) in [5.41, 5.74) is 2.24. The average Bonchev–Trinajstić information content (AvgIpc) is 3.10. The summed E-state index contributed by atoms with van der Waals surface area (Å²) in [5.74, 6) is 0.319. The largest absolute Gasteiger partial charge is 0.361 e. The fourth-order valence-electron chi connectivity index (χ4n) is 3.65. The van der Waals surface area contributed by atoms with E-state index in [0.717, 1.165) is 18.4 Å². The number of hydrogen-bond acceptors (Lipinski definition) is 2. The van der Waals surface area contributed by atoms with Crippen LogP contribution in [0.4, 0.5) is 0 Å².